The summed E-state index contributed by atoms with van der Waals surface area (Å²) >= 11 is 0. The molecule has 0 aromatic heterocycles. The molecule has 0 heterocycles. The van der Waals surface area contributed by atoms with Gasteiger partial charge in [-0.15, -0.1) is 0 Å². The number of hydrogen-bond acceptors (Lipinski definition) is 2. The Bertz CT molecular complexity index is 144. The maximum atomic E-state index is 9.24. The van der Waals surface area contributed by atoms with E-state index in [0.29, 0.717) is 0 Å². The number of aliphatic hydroxyl groups excluding tert-OH is 2. The van der Waals surface area contributed by atoms with Gasteiger partial charge in [-0.1, -0.05) is 12.2 Å². The standard InChI is InChI=1S/C7H10O2/c8-5-1-2-6(9)7(5)3-4-7/h1-2,5-6,8-9H,3-4H2/t5-,6+. The van der Waals surface area contributed by atoms with Crippen molar-refractivity contribution < 1.29 is 10.2 Å². The van der Waals surface area contributed by atoms with Crippen molar-refractivity contribution in [2.75, 3.05) is 0 Å². The first-order valence-corrected chi connectivity index (χ1v) is 3.30. The second-order valence-electron chi connectivity index (χ2n) is 3.01. The first kappa shape index (κ1) is 5.45. The quantitative estimate of drug-likeness (QED) is 0.450. The highest BCUT2D eigenvalue weighted by Crippen LogP contribution is 2.55. The van der Waals surface area contributed by atoms with E-state index in [1.807, 2.05) is 0 Å². The lowest BCUT2D eigenvalue weighted by Crippen LogP contribution is -2.24. The molecule has 2 atom stereocenters. The van der Waals surface area contributed by atoms with Crippen LogP contribution in [0.5, 0.6) is 0 Å². The molecule has 2 rings (SSSR count). The number of rotatable bonds is 0. The van der Waals surface area contributed by atoms with Crippen molar-refractivity contribution in [3.63, 3.8) is 0 Å². The van der Waals surface area contributed by atoms with Crippen molar-refractivity contribution in [1.29, 1.82) is 0 Å². The molecule has 1 spiro atoms. The van der Waals surface area contributed by atoms with Crippen molar-refractivity contribution >= 4 is 0 Å². The summed E-state index contributed by atoms with van der Waals surface area (Å²) in [6.45, 7) is 0. The summed E-state index contributed by atoms with van der Waals surface area (Å²) < 4.78 is 0. The second kappa shape index (κ2) is 1.39. The molecule has 0 aromatic rings. The molecular formula is C7H10O2. The highest BCUT2D eigenvalue weighted by Gasteiger charge is 2.55. The van der Waals surface area contributed by atoms with Gasteiger partial charge in [0.05, 0.1) is 12.2 Å². The lowest BCUT2D eigenvalue weighted by molar-refractivity contribution is 0.0626. The minimum atomic E-state index is -0.382. The molecule has 1 fully saturated rings. The summed E-state index contributed by atoms with van der Waals surface area (Å²) in [6, 6.07) is 0. The van der Waals surface area contributed by atoms with Gasteiger partial charge in [0.25, 0.3) is 0 Å². The molecule has 0 aliphatic heterocycles. The zero-order valence-corrected chi connectivity index (χ0v) is 5.12. The molecule has 2 aliphatic carbocycles. The minimum absolute atomic E-state index is 0.139. The van der Waals surface area contributed by atoms with E-state index in [4.69, 9.17) is 0 Å². The number of hydrogen-bond donors (Lipinski definition) is 2. The monoisotopic (exact) mass is 126 g/mol. The molecule has 0 aromatic carbocycles. The van der Waals surface area contributed by atoms with E-state index >= 15 is 0 Å². The van der Waals surface area contributed by atoms with E-state index in [2.05, 4.69) is 0 Å². The van der Waals surface area contributed by atoms with Gasteiger partial charge in [-0.25, -0.2) is 0 Å². The maximum absolute atomic E-state index is 9.24. The van der Waals surface area contributed by atoms with Crippen LogP contribution < -0.4 is 0 Å². The Balaban J connectivity index is 2.24. The zero-order chi connectivity index (χ0) is 6.48. The largest absolute Gasteiger partial charge is 0.388 e. The van der Waals surface area contributed by atoms with Crippen LogP contribution in [0.3, 0.4) is 0 Å². The van der Waals surface area contributed by atoms with Crippen LogP contribution in [-0.2, 0) is 0 Å². The fourth-order valence-corrected chi connectivity index (χ4v) is 1.50. The van der Waals surface area contributed by atoms with Gasteiger partial charge in [-0.3, -0.25) is 0 Å². The summed E-state index contributed by atoms with van der Waals surface area (Å²) in [4.78, 5) is 0. The molecular weight excluding hydrogens is 116 g/mol. The zero-order valence-electron chi connectivity index (χ0n) is 5.12. The maximum Gasteiger partial charge on any atom is 0.0805 e. The van der Waals surface area contributed by atoms with E-state index in [-0.39, 0.29) is 17.6 Å². The molecule has 2 aliphatic rings. The fourth-order valence-electron chi connectivity index (χ4n) is 1.50. The average molecular weight is 126 g/mol. The second-order valence-corrected chi connectivity index (χ2v) is 3.01. The van der Waals surface area contributed by atoms with E-state index in [1.165, 1.54) is 0 Å². The lowest BCUT2D eigenvalue weighted by atomic mass is 10.00. The van der Waals surface area contributed by atoms with Crippen LogP contribution in [0.15, 0.2) is 12.2 Å². The van der Waals surface area contributed by atoms with Crippen LogP contribution in [0.25, 0.3) is 0 Å². The van der Waals surface area contributed by atoms with Crippen molar-refractivity contribution in [2.45, 2.75) is 25.0 Å². The molecule has 2 heteroatoms. The third-order valence-corrected chi connectivity index (χ3v) is 2.48. The van der Waals surface area contributed by atoms with Gasteiger partial charge in [0, 0.05) is 5.41 Å². The first-order valence-electron chi connectivity index (χ1n) is 3.30. The summed E-state index contributed by atoms with van der Waals surface area (Å²) in [6.07, 6.45) is 4.57. The van der Waals surface area contributed by atoms with Crippen molar-refractivity contribution in [2.24, 2.45) is 5.41 Å². The fraction of sp³-hybridized carbons (Fsp3) is 0.714. The van der Waals surface area contributed by atoms with E-state index in [9.17, 15) is 10.2 Å². The predicted molar refractivity (Wildman–Crippen MR) is 32.8 cm³/mol. The summed E-state index contributed by atoms with van der Waals surface area (Å²) in [7, 11) is 0. The van der Waals surface area contributed by atoms with Crippen LogP contribution in [0.1, 0.15) is 12.8 Å². The SMILES string of the molecule is O[C@@H]1C=C[C@H](O)C12CC2. The predicted octanol–water partition coefficient (Wildman–Crippen LogP) is 0.0582. The molecule has 0 unspecified atom stereocenters. The molecule has 9 heavy (non-hydrogen) atoms. The highest BCUT2D eigenvalue weighted by atomic mass is 16.3. The van der Waals surface area contributed by atoms with Crippen LogP contribution in [0.4, 0.5) is 0 Å². The van der Waals surface area contributed by atoms with Gasteiger partial charge in [0.1, 0.15) is 0 Å². The van der Waals surface area contributed by atoms with Gasteiger partial charge in [-0.2, -0.15) is 0 Å². The van der Waals surface area contributed by atoms with Gasteiger partial charge < -0.3 is 10.2 Å². The molecule has 0 saturated heterocycles. The van der Waals surface area contributed by atoms with E-state index in [1.54, 1.807) is 12.2 Å². The van der Waals surface area contributed by atoms with Crippen LogP contribution in [-0.4, -0.2) is 22.4 Å². The third-order valence-electron chi connectivity index (χ3n) is 2.48. The van der Waals surface area contributed by atoms with Crippen molar-refractivity contribution in [3.8, 4) is 0 Å². The normalized spacial score (nSPS) is 44.2. The molecule has 1 saturated carbocycles. The Morgan fingerprint density at radius 1 is 1.11 bits per heavy atom. The number of aliphatic hydroxyl groups is 2. The Labute approximate surface area is 53.8 Å². The molecule has 0 radical (unpaired) electrons. The third kappa shape index (κ3) is 0.523. The van der Waals surface area contributed by atoms with Gasteiger partial charge >= 0.3 is 0 Å². The van der Waals surface area contributed by atoms with Gasteiger partial charge in [0.15, 0.2) is 0 Å². The lowest BCUT2D eigenvalue weighted by Gasteiger charge is -2.15. The van der Waals surface area contributed by atoms with E-state index in [0.717, 1.165) is 12.8 Å². The minimum Gasteiger partial charge on any atom is -0.388 e. The Kier molecular flexibility index (Phi) is 0.838. The Morgan fingerprint density at radius 2 is 1.56 bits per heavy atom. The highest BCUT2D eigenvalue weighted by molar-refractivity contribution is 5.22. The van der Waals surface area contributed by atoms with Crippen molar-refractivity contribution in [1.82, 2.24) is 0 Å². The molecule has 50 valence electrons. The van der Waals surface area contributed by atoms with E-state index < -0.39 is 0 Å². The van der Waals surface area contributed by atoms with Gasteiger partial charge in [-0.05, 0) is 12.8 Å². The topological polar surface area (TPSA) is 40.5 Å². The molecule has 2 N–H and O–H groups in total. The smallest absolute Gasteiger partial charge is 0.0805 e. The van der Waals surface area contributed by atoms with Crippen LogP contribution in [0, 0.1) is 5.41 Å². The van der Waals surface area contributed by atoms with Crippen LogP contribution in [0.2, 0.25) is 0 Å². The molecule has 0 bridgehead atoms. The Morgan fingerprint density at radius 3 is 1.78 bits per heavy atom. The average Bonchev–Trinajstić information content (AvgIpc) is 2.56. The summed E-state index contributed by atoms with van der Waals surface area (Å²) in [5.74, 6) is 0. The van der Waals surface area contributed by atoms with Crippen LogP contribution >= 0.6 is 0 Å². The van der Waals surface area contributed by atoms with Crippen molar-refractivity contribution in [3.05, 3.63) is 12.2 Å². The Hall–Kier alpha value is -0.340. The molecule has 2 nitrogen and oxygen atoms in total. The summed E-state index contributed by atoms with van der Waals surface area (Å²) in [5.41, 5.74) is -0.139. The molecule has 0 amide bonds. The van der Waals surface area contributed by atoms with Gasteiger partial charge in [0.2, 0.25) is 0 Å². The summed E-state index contributed by atoms with van der Waals surface area (Å²) in [5, 5.41) is 18.5. The first-order chi connectivity index (χ1) is 4.26.